The van der Waals surface area contributed by atoms with Crippen LogP contribution in [0, 0.1) is 0 Å². The molecule has 0 bridgehead atoms. The van der Waals surface area contributed by atoms with Crippen molar-refractivity contribution in [3.8, 4) is 0 Å². The number of rotatable bonds is 5. The highest BCUT2D eigenvalue weighted by Gasteiger charge is 2.20. The molecule has 0 spiro atoms. The fraction of sp³-hybridized carbons (Fsp3) is 1.00. The van der Waals surface area contributed by atoms with E-state index in [1.54, 1.807) is 0 Å². The van der Waals surface area contributed by atoms with Crippen LogP contribution in [0.2, 0.25) is 19.6 Å². The van der Waals surface area contributed by atoms with Gasteiger partial charge in [0.2, 0.25) is 0 Å². The maximum atomic E-state index is 2.66. The molecule has 0 fully saturated rings. The van der Waals surface area contributed by atoms with E-state index in [9.17, 15) is 0 Å². The Balaban J connectivity index is 3.76. The standard InChI is InChI=1S/C9H23NSi/c1-6-8-9-10(7-2)11(3,4)5/h6-9H2,1-5H3. The summed E-state index contributed by atoms with van der Waals surface area (Å²) in [6, 6.07) is 0. The predicted octanol–water partition coefficient (Wildman–Crippen LogP) is 2.94. The van der Waals surface area contributed by atoms with Gasteiger partial charge in [0, 0.05) is 0 Å². The van der Waals surface area contributed by atoms with Crippen LogP contribution in [0.15, 0.2) is 0 Å². The molecule has 1 nitrogen and oxygen atoms in total. The van der Waals surface area contributed by atoms with Gasteiger partial charge in [-0.25, -0.2) is 0 Å². The Kier molecular flexibility index (Phi) is 5.02. The summed E-state index contributed by atoms with van der Waals surface area (Å²) >= 11 is 0. The van der Waals surface area contributed by atoms with Crippen LogP contribution in [0.4, 0.5) is 0 Å². The average Bonchev–Trinajstić information content (AvgIpc) is 1.87. The van der Waals surface area contributed by atoms with Crippen LogP contribution in [0.5, 0.6) is 0 Å². The van der Waals surface area contributed by atoms with Gasteiger partial charge in [0.1, 0.15) is 8.24 Å². The van der Waals surface area contributed by atoms with Gasteiger partial charge in [0.25, 0.3) is 0 Å². The molecule has 68 valence electrons. The van der Waals surface area contributed by atoms with Crippen LogP contribution >= 0.6 is 0 Å². The minimum Gasteiger partial charge on any atom is -0.324 e. The zero-order chi connectivity index (χ0) is 8.91. The zero-order valence-corrected chi connectivity index (χ0v) is 9.78. The van der Waals surface area contributed by atoms with E-state index in [1.165, 1.54) is 25.9 Å². The van der Waals surface area contributed by atoms with Gasteiger partial charge in [-0.2, -0.15) is 0 Å². The van der Waals surface area contributed by atoms with Crippen molar-refractivity contribution in [2.75, 3.05) is 13.1 Å². The summed E-state index contributed by atoms with van der Waals surface area (Å²) in [4.78, 5) is 0. The molecule has 0 aromatic heterocycles. The molecule has 0 saturated heterocycles. The van der Waals surface area contributed by atoms with Crippen LogP contribution < -0.4 is 0 Å². The summed E-state index contributed by atoms with van der Waals surface area (Å²) in [6.45, 7) is 14.3. The molecular formula is C9H23NSi. The van der Waals surface area contributed by atoms with Gasteiger partial charge in [-0.1, -0.05) is 39.9 Å². The molecule has 2 heteroatoms. The molecule has 0 aliphatic heterocycles. The second-order valence-electron chi connectivity index (χ2n) is 4.10. The smallest absolute Gasteiger partial charge is 0.119 e. The van der Waals surface area contributed by atoms with Gasteiger partial charge in [-0.05, 0) is 19.5 Å². The minimum absolute atomic E-state index is 0.991. The van der Waals surface area contributed by atoms with Crippen molar-refractivity contribution in [2.45, 2.75) is 46.3 Å². The Morgan fingerprint density at radius 1 is 1.09 bits per heavy atom. The van der Waals surface area contributed by atoms with Crippen molar-refractivity contribution in [3.05, 3.63) is 0 Å². The first-order valence-electron chi connectivity index (χ1n) is 4.77. The lowest BCUT2D eigenvalue weighted by Gasteiger charge is -2.32. The Bertz CT molecular complexity index is 96.2. The van der Waals surface area contributed by atoms with Crippen molar-refractivity contribution >= 4 is 8.24 Å². The van der Waals surface area contributed by atoms with E-state index in [1.807, 2.05) is 0 Å². The summed E-state index contributed by atoms with van der Waals surface area (Å²) < 4.78 is 2.66. The fourth-order valence-corrected chi connectivity index (χ4v) is 3.09. The van der Waals surface area contributed by atoms with Gasteiger partial charge < -0.3 is 4.57 Å². The first-order valence-corrected chi connectivity index (χ1v) is 8.22. The minimum atomic E-state index is -0.991. The number of nitrogens with zero attached hydrogens (tertiary/aromatic N) is 1. The molecule has 0 aromatic rings. The van der Waals surface area contributed by atoms with Gasteiger partial charge >= 0.3 is 0 Å². The number of unbranched alkanes of at least 4 members (excludes halogenated alkanes) is 1. The summed E-state index contributed by atoms with van der Waals surface area (Å²) in [5.41, 5.74) is 0. The Morgan fingerprint density at radius 2 is 1.64 bits per heavy atom. The van der Waals surface area contributed by atoms with E-state index >= 15 is 0 Å². The zero-order valence-electron chi connectivity index (χ0n) is 8.78. The Morgan fingerprint density at radius 3 is 1.91 bits per heavy atom. The second-order valence-corrected chi connectivity index (χ2v) is 9.08. The lowest BCUT2D eigenvalue weighted by Crippen LogP contribution is -2.46. The summed E-state index contributed by atoms with van der Waals surface area (Å²) in [5, 5.41) is 0. The molecule has 0 heterocycles. The normalized spacial score (nSPS) is 12.5. The number of hydrogen-bond acceptors (Lipinski definition) is 1. The van der Waals surface area contributed by atoms with Gasteiger partial charge in [-0.3, -0.25) is 0 Å². The molecule has 0 aliphatic rings. The van der Waals surface area contributed by atoms with Gasteiger partial charge in [-0.15, -0.1) is 0 Å². The van der Waals surface area contributed by atoms with Crippen LogP contribution in [-0.2, 0) is 0 Å². The summed E-state index contributed by atoms with van der Waals surface area (Å²) in [7, 11) is -0.991. The molecule has 11 heavy (non-hydrogen) atoms. The summed E-state index contributed by atoms with van der Waals surface area (Å²) in [5.74, 6) is 0. The van der Waals surface area contributed by atoms with Gasteiger partial charge in [0.05, 0.1) is 0 Å². The highest BCUT2D eigenvalue weighted by molar-refractivity contribution is 6.73. The Hall–Kier alpha value is 0.177. The molecule has 0 rings (SSSR count). The first kappa shape index (κ1) is 11.2. The predicted molar refractivity (Wildman–Crippen MR) is 55.5 cm³/mol. The van der Waals surface area contributed by atoms with Crippen LogP contribution in [0.25, 0.3) is 0 Å². The first-order chi connectivity index (χ1) is 5.02. The third kappa shape index (κ3) is 4.59. The van der Waals surface area contributed by atoms with Crippen molar-refractivity contribution in [1.82, 2.24) is 4.57 Å². The van der Waals surface area contributed by atoms with E-state index in [0.717, 1.165) is 0 Å². The molecular weight excluding hydrogens is 150 g/mol. The van der Waals surface area contributed by atoms with Crippen LogP contribution in [-0.4, -0.2) is 25.9 Å². The van der Waals surface area contributed by atoms with E-state index < -0.39 is 8.24 Å². The van der Waals surface area contributed by atoms with Crippen molar-refractivity contribution in [2.24, 2.45) is 0 Å². The molecule has 0 aliphatic carbocycles. The lowest BCUT2D eigenvalue weighted by molar-refractivity contribution is 0.432. The maximum Gasteiger partial charge on any atom is 0.119 e. The third-order valence-electron chi connectivity index (χ3n) is 2.11. The van der Waals surface area contributed by atoms with Crippen molar-refractivity contribution in [3.63, 3.8) is 0 Å². The van der Waals surface area contributed by atoms with Crippen molar-refractivity contribution in [1.29, 1.82) is 0 Å². The van der Waals surface area contributed by atoms with E-state index in [0.29, 0.717) is 0 Å². The largest absolute Gasteiger partial charge is 0.324 e. The molecule has 0 unspecified atom stereocenters. The second kappa shape index (κ2) is 4.94. The molecule has 0 saturated carbocycles. The molecule has 0 amide bonds. The SMILES string of the molecule is CCCCN(CC)[Si](C)(C)C. The molecule has 0 aromatic carbocycles. The van der Waals surface area contributed by atoms with E-state index in [2.05, 4.69) is 38.1 Å². The third-order valence-corrected chi connectivity index (χ3v) is 4.55. The fourth-order valence-electron chi connectivity index (χ4n) is 1.32. The van der Waals surface area contributed by atoms with Crippen LogP contribution in [0.1, 0.15) is 26.7 Å². The van der Waals surface area contributed by atoms with Crippen molar-refractivity contribution < 1.29 is 0 Å². The highest BCUT2D eigenvalue weighted by Crippen LogP contribution is 2.09. The monoisotopic (exact) mass is 173 g/mol. The highest BCUT2D eigenvalue weighted by atomic mass is 28.3. The average molecular weight is 173 g/mol. The molecule has 0 N–H and O–H groups in total. The topological polar surface area (TPSA) is 3.24 Å². The molecule has 0 radical (unpaired) electrons. The van der Waals surface area contributed by atoms with E-state index in [-0.39, 0.29) is 0 Å². The lowest BCUT2D eigenvalue weighted by atomic mass is 10.3. The van der Waals surface area contributed by atoms with Gasteiger partial charge in [0.15, 0.2) is 0 Å². The maximum absolute atomic E-state index is 2.66. The Labute approximate surface area is 72.9 Å². The quantitative estimate of drug-likeness (QED) is 0.578. The van der Waals surface area contributed by atoms with Crippen LogP contribution in [0.3, 0.4) is 0 Å². The number of hydrogen-bond donors (Lipinski definition) is 0. The van der Waals surface area contributed by atoms with E-state index in [4.69, 9.17) is 0 Å². The molecule has 0 atom stereocenters. The summed E-state index contributed by atoms with van der Waals surface area (Å²) in [6.07, 6.45) is 2.68.